The number of likely N-dealkylation sites (tertiary alicyclic amines) is 1. The smallest absolute Gasteiger partial charge is 0.273 e. The first-order chi connectivity index (χ1) is 16.6. The molecule has 35 heavy (non-hydrogen) atoms. The first-order valence-electron chi connectivity index (χ1n) is 11.7. The highest BCUT2D eigenvalue weighted by atomic mass is 16.2. The van der Waals surface area contributed by atoms with E-state index in [-0.39, 0.29) is 11.9 Å². The first kappa shape index (κ1) is 29.6. The van der Waals surface area contributed by atoms with E-state index < -0.39 is 0 Å². The quantitative estimate of drug-likeness (QED) is 0.560. The molecule has 7 heteroatoms. The Balaban J connectivity index is 0.00000145. The molecular formula is C28H40N4O3. The summed E-state index contributed by atoms with van der Waals surface area (Å²) >= 11 is 0. The molecule has 1 saturated heterocycles. The number of allylic oxidation sites excluding steroid dienone is 2. The van der Waals surface area contributed by atoms with Crippen LogP contribution in [-0.4, -0.2) is 47.8 Å². The van der Waals surface area contributed by atoms with Crippen molar-refractivity contribution in [3.63, 3.8) is 0 Å². The number of piperidine rings is 1. The third kappa shape index (κ3) is 6.56. The van der Waals surface area contributed by atoms with Gasteiger partial charge in [0.05, 0.1) is 11.7 Å². The first-order valence-corrected chi connectivity index (χ1v) is 11.7. The summed E-state index contributed by atoms with van der Waals surface area (Å²) in [6.07, 6.45) is 2.25. The maximum Gasteiger partial charge on any atom is 0.273 e. The van der Waals surface area contributed by atoms with Crippen LogP contribution in [0.15, 0.2) is 42.0 Å². The Kier molecular flexibility index (Phi) is 11.3. The van der Waals surface area contributed by atoms with Gasteiger partial charge in [-0.2, -0.15) is 5.10 Å². The molecule has 0 spiro atoms. The van der Waals surface area contributed by atoms with Gasteiger partial charge in [-0.05, 0) is 71.6 Å². The van der Waals surface area contributed by atoms with Crippen LogP contribution in [0, 0.1) is 19.8 Å². The SMILES string of the molecule is C=C(c1cc(C)ccc1NC)N1CCC[C@H](C)C1c1cc(C)n(C(=O)C(C)=C(C)C)n1.C=O.C=O. The Morgan fingerprint density at radius 2 is 1.71 bits per heavy atom. The fourth-order valence-electron chi connectivity index (χ4n) is 4.43. The van der Waals surface area contributed by atoms with Crippen LogP contribution in [0.25, 0.3) is 5.70 Å². The van der Waals surface area contributed by atoms with Gasteiger partial charge in [0, 0.05) is 41.8 Å². The number of benzene rings is 1. The Hall–Kier alpha value is -3.48. The van der Waals surface area contributed by atoms with Crippen molar-refractivity contribution in [2.75, 3.05) is 18.9 Å². The van der Waals surface area contributed by atoms with Crippen molar-refractivity contribution >= 4 is 30.9 Å². The highest BCUT2D eigenvalue weighted by Gasteiger charge is 2.34. The number of aromatic nitrogens is 2. The molecule has 0 radical (unpaired) electrons. The lowest BCUT2D eigenvalue weighted by Gasteiger charge is -2.42. The van der Waals surface area contributed by atoms with Gasteiger partial charge in [-0.1, -0.05) is 30.7 Å². The molecule has 0 amide bonds. The fraction of sp³-hybridized carbons (Fsp3) is 0.429. The Labute approximate surface area is 209 Å². The molecule has 2 heterocycles. The second kappa shape index (κ2) is 13.4. The highest BCUT2D eigenvalue weighted by molar-refractivity contribution is 5.95. The van der Waals surface area contributed by atoms with Gasteiger partial charge >= 0.3 is 0 Å². The van der Waals surface area contributed by atoms with Crippen LogP contribution in [-0.2, 0) is 9.59 Å². The maximum atomic E-state index is 12.9. The summed E-state index contributed by atoms with van der Waals surface area (Å²) in [4.78, 5) is 31.3. The van der Waals surface area contributed by atoms with E-state index in [1.54, 1.807) is 4.68 Å². The number of hydrogen-bond donors (Lipinski definition) is 1. The van der Waals surface area contributed by atoms with E-state index in [0.717, 1.165) is 58.9 Å². The number of nitrogens with one attached hydrogen (secondary N) is 1. The minimum absolute atomic E-state index is 0.0475. The number of aryl methyl sites for hydroxylation is 2. The zero-order chi connectivity index (χ0) is 26.9. The third-order valence-corrected chi connectivity index (χ3v) is 6.51. The van der Waals surface area contributed by atoms with Crippen LogP contribution in [0.4, 0.5) is 5.69 Å². The van der Waals surface area contributed by atoms with E-state index in [1.165, 1.54) is 5.56 Å². The minimum atomic E-state index is -0.0475. The largest absolute Gasteiger partial charge is 0.388 e. The van der Waals surface area contributed by atoms with E-state index in [9.17, 15) is 4.79 Å². The van der Waals surface area contributed by atoms with Crippen molar-refractivity contribution < 1.29 is 14.4 Å². The van der Waals surface area contributed by atoms with Crippen molar-refractivity contribution in [3.8, 4) is 0 Å². The van der Waals surface area contributed by atoms with Gasteiger partial charge in [0.15, 0.2) is 0 Å². The molecule has 1 N–H and O–H groups in total. The van der Waals surface area contributed by atoms with Crippen LogP contribution in [0.2, 0.25) is 0 Å². The van der Waals surface area contributed by atoms with E-state index in [2.05, 4.69) is 54.9 Å². The van der Waals surface area contributed by atoms with Crippen LogP contribution in [0.1, 0.15) is 73.9 Å². The van der Waals surface area contributed by atoms with Crippen molar-refractivity contribution in [1.82, 2.24) is 14.7 Å². The topological polar surface area (TPSA) is 84.3 Å². The minimum Gasteiger partial charge on any atom is -0.388 e. The van der Waals surface area contributed by atoms with Gasteiger partial charge in [0.25, 0.3) is 5.91 Å². The van der Waals surface area contributed by atoms with Crippen LogP contribution in [0.5, 0.6) is 0 Å². The summed E-state index contributed by atoms with van der Waals surface area (Å²) in [6.45, 7) is 21.6. The molecule has 2 aromatic rings. The summed E-state index contributed by atoms with van der Waals surface area (Å²) < 4.78 is 1.56. The lowest BCUT2D eigenvalue weighted by Crippen LogP contribution is -2.37. The van der Waals surface area contributed by atoms with Crippen LogP contribution >= 0.6 is 0 Å². The molecular weight excluding hydrogens is 440 g/mol. The van der Waals surface area contributed by atoms with Crippen LogP contribution < -0.4 is 5.32 Å². The second-order valence-corrected chi connectivity index (χ2v) is 9.06. The second-order valence-electron chi connectivity index (χ2n) is 9.06. The number of nitrogens with zero attached hydrogens (tertiary/aromatic N) is 3. The third-order valence-electron chi connectivity index (χ3n) is 6.51. The number of carbonyl (C=O) groups excluding carboxylic acids is 3. The lowest BCUT2D eigenvalue weighted by molar-refractivity contribution is -0.0987. The van der Waals surface area contributed by atoms with Gasteiger partial charge in [0.2, 0.25) is 0 Å². The summed E-state index contributed by atoms with van der Waals surface area (Å²) in [7, 11) is 1.94. The molecule has 1 unspecified atom stereocenters. The molecule has 190 valence electrons. The molecule has 1 fully saturated rings. The summed E-state index contributed by atoms with van der Waals surface area (Å²) in [5.41, 5.74) is 7.98. The average molecular weight is 481 g/mol. The van der Waals surface area contributed by atoms with Crippen molar-refractivity contribution in [2.45, 2.75) is 60.4 Å². The molecule has 0 aliphatic carbocycles. The molecule has 1 aliphatic heterocycles. The zero-order valence-corrected chi connectivity index (χ0v) is 22.3. The molecule has 1 aromatic carbocycles. The number of carbonyl (C=O) groups is 3. The van der Waals surface area contributed by atoms with E-state index in [4.69, 9.17) is 14.7 Å². The fourth-order valence-corrected chi connectivity index (χ4v) is 4.43. The van der Waals surface area contributed by atoms with E-state index in [0.29, 0.717) is 5.92 Å². The lowest BCUT2D eigenvalue weighted by atomic mass is 9.87. The Morgan fingerprint density at radius 1 is 1.09 bits per heavy atom. The van der Waals surface area contributed by atoms with Gasteiger partial charge in [0.1, 0.15) is 13.6 Å². The maximum absolute atomic E-state index is 12.9. The van der Waals surface area contributed by atoms with Gasteiger partial charge in [-0.15, -0.1) is 0 Å². The van der Waals surface area contributed by atoms with Gasteiger partial charge < -0.3 is 19.8 Å². The number of hydrogen-bond acceptors (Lipinski definition) is 6. The number of anilines is 1. The monoisotopic (exact) mass is 480 g/mol. The molecule has 1 aromatic heterocycles. The molecule has 0 saturated carbocycles. The standard InChI is InChI=1S/C26H36N4O.2CH2O/c1-16(2)20(6)26(31)30-19(5)15-24(28-30)25-18(4)10-9-13-29(25)21(7)22-14-17(3)11-12-23(22)27-8;2*1-2/h11-12,14-15,18,25,27H,7,9-10,13H2,1-6,8H3;2*1H2/t18-,25?;;/m0../s1. The van der Waals surface area contributed by atoms with Crippen LogP contribution in [0.3, 0.4) is 0 Å². The van der Waals surface area contributed by atoms with E-state index >= 15 is 0 Å². The molecule has 2 atom stereocenters. The van der Waals surface area contributed by atoms with Crippen molar-refractivity contribution in [2.24, 2.45) is 5.92 Å². The molecule has 0 bridgehead atoms. The molecule has 3 rings (SSSR count). The van der Waals surface area contributed by atoms with Crippen molar-refractivity contribution in [1.29, 1.82) is 0 Å². The van der Waals surface area contributed by atoms with Crippen molar-refractivity contribution in [3.05, 3.63) is 64.5 Å². The Bertz CT molecular complexity index is 1060. The normalized spacial score (nSPS) is 16.7. The number of rotatable bonds is 5. The molecule has 1 aliphatic rings. The van der Waals surface area contributed by atoms with Gasteiger partial charge in [-0.25, -0.2) is 4.68 Å². The summed E-state index contributed by atoms with van der Waals surface area (Å²) in [6, 6.07) is 8.57. The predicted molar refractivity (Wildman–Crippen MR) is 143 cm³/mol. The summed E-state index contributed by atoms with van der Waals surface area (Å²) in [5, 5.41) is 8.11. The zero-order valence-electron chi connectivity index (χ0n) is 22.3. The average Bonchev–Trinajstić information content (AvgIpc) is 3.25. The highest BCUT2D eigenvalue weighted by Crippen LogP contribution is 2.41. The van der Waals surface area contributed by atoms with E-state index in [1.807, 2.05) is 48.3 Å². The van der Waals surface area contributed by atoms with Gasteiger partial charge in [-0.3, -0.25) is 4.79 Å². The Morgan fingerprint density at radius 3 is 2.29 bits per heavy atom. The predicted octanol–water partition coefficient (Wildman–Crippen LogP) is 5.61. The molecule has 7 nitrogen and oxygen atoms in total. The summed E-state index contributed by atoms with van der Waals surface area (Å²) in [5.74, 6) is 0.365.